The van der Waals surface area contributed by atoms with E-state index in [0.717, 1.165) is 49.4 Å². The van der Waals surface area contributed by atoms with Gasteiger partial charge in [0.25, 0.3) is 0 Å². The van der Waals surface area contributed by atoms with Crippen molar-refractivity contribution >= 4 is 5.78 Å². The maximum atomic E-state index is 13.0. The number of likely N-dealkylation sites (tertiary alicyclic amines) is 1. The lowest BCUT2D eigenvalue weighted by atomic mass is 9.85. The van der Waals surface area contributed by atoms with E-state index in [1.165, 1.54) is 18.4 Å². The summed E-state index contributed by atoms with van der Waals surface area (Å²) in [7, 11) is 1.63. The first-order valence-corrected chi connectivity index (χ1v) is 10.8. The summed E-state index contributed by atoms with van der Waals surface area (Å²) in [6, 6.07) is 14.6. The summed E-state index contributed by atoms with van der Waals surface area (Å²) in [5, 5.41) is 0. The van der Waals surface area contributed by atoms with Crippen LogP contribution in [0.2, 0.25) is 0 Å². The van der Waals surface area contributed by atoms with Gasteiger partial charge in [0.1, 0.15) is 0 Å². The molecule has 4 rings (SSSR count). The Bertz CT molecular complexity index is 841. The number of Topliss-reactive ketones (excluding diaryl/α,β-unsaturated/α-hetero) is 1. The summed E-state index contributed by atoms with van der Waals surface area (Å²) in [6.45, 7) is 5.83. The van der Waals surface area contributed by atoms with E-state index in [4.69, 9.17) is 9.47 Å². The molecule has 4 nitrogen and oxygen atoms in total. The number of nitrogens with zero attached hydrogens (tertiary/aromatic N) is 1. The average Bonchev–Trinajstić information content (AvgIpc) is 3.04. The first kappa shape index (κ1) is 20.0. The van der Waals surface area contributed by atoms with Gasteiger partial charge in [-0.1, -0.05) is 30.3 Å². The number of piperidine rings is 1. The lowest BCUT2D eigenvalue weighted by Gasteiger charge is -2.32. The zero-order valence-corrected chi connectivity index (χ0v) is 17.5. The molecule has 1 fully saturated rings. The average molecular weight is 394 g/mol. The molecule has 154 valence electrons. The number of carbonyl (C=O) groups is 1. The lowest BCUT2D eigenvalue weighted by Crippen LogP contribution is -2.34. The molecule has 0 bridgehead atoms. The molecule has 1 saturated heterocycles. The normalized spacial score (nSPS) is 19.9. The quantitative estimate of drug-likeness (QED) is 0.680. The second kappa shape index (κ2) is 9.00. The monoisotopic (exact) mass is 393 g/mol. The van der Waals surface area contributed by atoms with Crippen LogP contribution in [-0.2, 0) is 13.0 Å². The molecule has 0 saturated carbocycles. The van der Waals surface area contributed by atoms with Gasteiger partial charge in [0.05, 0.1) is 13.7 Å². The van der Waals surface area contributed by atoms with Crippen molar-refractivity contribution in [3.8, 4) is 11.5 Å². The fourth-order valence-electron chi connectivity index (χ4n) is 4.82. The Morgan fingerprint density at radius 1 is 1.07 bits per heavy atom. The molecule has 1 aliphatic carbocycles. The van der Waals surface area contributed by atoms with Crippen LogP contribution in [0.15, 0.2) is 42.5 Å². The minimum absolute atomic E-state index is 0.109. The third-order valence-corrected chi connectivity index (χ3v) is 6.37. The molecular formula is C25H31NO3. The number of rotatable bonds is 7. The topological polar surface area (TPSA) is 38.8 Å². The van der Waals surface area contributed by atoms with Crippen molar-refractivity contribution in [1.82, 2.24) is 4.90 Å². The second-order valence-corrected chi connectivity index (χ2v) is 8.30. The highest BCUT2D eigenvalue weighted by Crippen LogP contribution is 2.39. The van der Waals surface area contributed by atoms with Gasteiger partial charge in [-0.05, 0) is 74.9 Å². The van der Waals surface area contributed by atoms with Crippen molar-refractivity contribution < 1.29 is 14.3 Å². The summed E-state index contributed by atoms with van der Waals surface area (Å²) in [5.41, 5.74) is 3.33. The van der Waals surface area contributed by atoms with Crippen LogP contribution in [0.5, 0.6) is 11.5 Å². The number of carbonyl (C=O) groups excluding carboxylic acids is 1. The van der Waals surface area contributed by atoms with Crippen LogP contribution in [-0.4, -0.2) is 37.5 Å². The van der Waals surface area contributed by atoms with Crippen molar-refractivity contribution in [1.29, 1.82) is 0 Å². The Balaban J connectivity index is 1.34. The summed E-state index contributed by atoms with van der Waals surface area (Å²) in [5.74, 6) is 2.44. The number of hydrogen-bond donors (Lipinski definition) is 0. The third kappa shape index (κ3) is 4.48. The van der Waals surface area contributed by atoms with Crippen molar-refractivity contribution in [2.24, 2.45) is 11.8 Å². The molecule has 0 N–H and O–H groups in total. The highest BCUT2D eigenvalue weighted by Gasteiger charge is 2.34. The molecule has 29 heavy (non-hydrogen) atoms. The predicted octanol–water partition coefficient (Wildman–Crippen LogP) is 4.75. The van der Waals surface area contributed by atoms with Crippen LogP contribution in [0.3, 0.4) is 0 Å². The molecular weight excluding hydrogens is 362 g/mol. The van der Waals surface area contributed by atoms with Gasteiger partial charge >= 0.3 is 0 Å². The number of ketones is 1. The summed E-state index contributed by atoms with van der Waals surface area (Å²) >= 11 is 0. The smallest absolute Gasteiger partial charge is 0.166 e. The first-order valence-electron chi connectivity index (χ1n) is 10.8. The fraction of sp³-hybridized carbons (Fsp3) is 0.480. The van der Waals surface area contributed by atoms with E-state index in [-0.39, 0.29) is 11.7 Å². The Morgan fingerprint density at radius 3 is 2.52 bits per heavy atom. The Hall–Kier alpha value is -2.33. The summed E-state index contributed by atoms with van der Waals surface area (Å²) in [6.07, 6.45) is 4.20. The molecule has 1 heterocycles. The number of hydrogen-bond acceptors (Lipinski definition) is 4. The van der Waals surface area contributed by atoms with Gasteiger partial charge in [-0.2, -0.15) is 0 Å². The Labute approximate surface area is 173 Å². The molecule has 2 aliphatic rings. The van der Waals surface area contributed by atoms with E-state index in [1.807, 2.05) is 19.1 Å². The van der Waals surface area contributed by atoms with E-state index >= 15 is 0 Å². The third-order valence-electron chi connectivity index (χ3n) is 6.37. The zero-order chi connectivity index (χ0) is 20.2. The van der Waals surface area contributed by atoms with E-state index in [1.54, 1.807) is 7.11 Å². The zero-order valence-electron chi connectivity index (χ0n) is 17.5. The largest absolute Gasteiger partial charge is 0.493 e. The van der Waals surface area contributed by atoms with Crippen molar-refractivity contribution in [2.75, 3.05) is 26.8 Å². The molecule has 0 radical (unpaired) electrons. The number of ether oxygens (including phenoxy) is 2. The number of methoxy groups -OCH3 is 1. The fourth-order valence-corrected chi connectivity index (χ4v) is 4.82. The van der Waals surface area contributed by atoms with Gasteiger partial charge in [0, 0.05) is 18.0 Å². The van der Waals surface area contributed by atoms with Gasteiger partial charge in [0.15, 0.2) is 17.3 Å². The van der Waals surface area contributed by atoms with Crippen molar-refractivity contribution in [3.05, 3.63) is 59.2 Å². The Morgan fingerprint density at radius 2 is 1.83 bits per heavy atom. The van der Waals surface area contributed by atoms with Gasteiger partial charge < -0.3 is 9.47 Å². The van der Waals surface area contributed by atoms with E-state index < -0.39 is 0 Å². The summed E-state index contributed by atoms with van der Waals surface area (Å²) < 4.78 is 11.1. The predicted molar refractivity (Wildman–Crippen MR) is 115 cm³/mol. The maximum Gasteiger partial charge on any atom is 0.166 e. The lowest BCUT2D eigenvalue weighted by molar-refractivity contribution is 0.0895. The van der Waals surface area contributed by atoms with E-state index in [2.05, 4.69) is 35.2 Å². The van der Waals surface area contributed by atoms with Gasteiger partial charge in [-0.3, -0.25) is 9.69 Å². The SMILES string of the molecule is CCOc1cc2c(cc1OC)C(=O)C(CC1CCN(Cc3ccccc3)CC1)C2. The highest BCUT2D eigenvalue weighted by molar-refractivity contribution is 6.02. The van der Waals surface area contributed by atoms with Gasteiger partial charge in [0.2, 0.25) is 0 Å². The van der Waals surface area contributed by atoms with Gasteiger partial charge in [-0.15, -0.1) is 0 Å². The van der Waals surface area contributed by atoms with Gasteiger partial charge in [-0.25, -0.2) is 0 Å². The van der Waals surface area contributed by atoms with Crippen molar-refractivity contribution in [3.63, 3.8) is 0 Å². The highest BCUT2D eigenvalue weighted by atomic mass is 16.5. The maximum absolute atomic E-state index is 13.0. The molecule has 4 heteroatoms. The summed E-state index contributed by atoms with van der Waals surface area (Å²) in [4.78, 5) is 15.5. The van der Waals surface area contributed by atoms with Crippen LogP contribution < -0.4 is 9.47 Å². The Kier molecular flexibility index (Phi) is 6.19. The van der Waals surface area contributed by atoms with Crippen LogP contribution in [0, 0.1) is 11.8 Å². The second-order valence-electron chi connectivity index (χ2n) is 8.30. The van der Waals surface area contributed by atoms with Crippen LogP contribution in [0.25, 0.3) is 0 Å². The molecule has 2 aromatic carbocycles. The van der Waals surface area contributed by atoms with E-state index in [0.29, 0.717) is 18.3 Å². The van der Waals surface area contributed by atoms with Crippen LogP contribution in [0.4, 0.5) is 0 Å². The van der Waals surface area contributed by atoms with Crippen LogP contribution in [0.1, 0.15) is 47.7 Å². The number of benzene rings is 2. The molecule has 2 aromatic rings. The standard InChI is InChI=1S/C25H31NO3/c1-3-29-24-15-20-14-21(25(27)22(20)16-23(24)28-2)13-18-9-11-26(12-10-18)17-19-7-5-4-6-8-19/h4-8,15-16,18,21H,3,9-14,17H2,1-2H3. The minimum Gasteiger partial charge on any atom is -0.493 e. The molecule has 1 unspecified atom stereocenters. The first-order chi connectivity index (χ1) is 14.2. The van der Waals surface area contributed by atoms with E-state index in [9.17, 15) is 4.79 Å². The molecule has 0 aromatic heterocycles. The number of fused-ring (bicyclic) bond motifs is 1. The molecule has 1 atom stereocenters. The minimum atomic E-state index is 0.109. The molecule has 1 aliphatic heterocycles. The van der Waals surface area contributed by atoms with Crippen LogP contribution >= 0.6 is 0 Å². The van der Waals surface area contributed by atoms with Crippen molar-refractivity contribution in [2.45, 2.75) is 39.2 Å². The molecule has 0 amide bonds. The molecule has 0 spiro atoms.